The molecule has 0 unspecified atom stereocenters. The van der Waals surface area contributed by atoms with E-state index in [2.05, 4.69) is 81.0 Å². The number of thiazole rings is 1. The first-order valence-electron chi connectivity index (χ1n) is 9.66. The summed E-state index contributed by atoms with van der Waals surface area (Å²) in [5.41, 5.74) is 4.79. The number of rotatable bonds is 7. The first-order valence-corrected chi connectivity index (χ1v) is 10.5. The van der Waals surface area contributed by atoms with Crippen LogP contribution in [0, 0.1) is 0 Å². The molecule has 2 aromatic carbocycles. The van der Waals surface area contributed by atoms with Crippen LogP contribution in [0.25, 0.3) is 11.3 Å². The third-order valence-electron chi connectivity index (χ3n) is 4.79. The third-order valence-corrected chi connectivity index (χ3v) is 5.66. The summed E-state index contributed by atoms with van der Waals surface area (Å²) < 4.78 is 4.46. The number of hydrogen-bond donors (Lipinski definition) is 0. The van der Waals surface area contributed by atoms with Gasteiger partial charge in [0, 0.05) is 30.9 Å². The van der Waals surface area contributed by atoms with Crippen molar-refractivity contribution in [3.05, 3.63) is 89.1 Å². The molecule has 2 heterocycles. The van der Waals surface area contributed by atoms with Gasteiger partial charge in [0.05, 0.1) is 17.7 Å². The molecule has 0 aliphatic rings. The van der Waals surface area contributed by atoms with Crippen molar-refractivity contribution < 1.29 is 0 Å². The van der Waals surface area contributed by atoms with Crippen molar-refractivity contribution in [3.63, 3.8) is 0 Å². The van der Waals surface area contributed by atoms with Crippen molar-refractivity contribution in [2.24, 2.45) is 4.99 Å². The van der Waals surface area contributed by atoms with Crippen LogP contribution >= 0.6 is 11.3 Å². The van der Waals surface area contributed by atoms with Crippen LogP contribution < -0.4 is 4.80 Å². The van der Waals surface area contributed by atoms with Crippen LogP contribution in [0.4, 0.5) is 5.69 Å². The van der Waals surface area contributed by atoms with Crippen LogP contribution in [0.2, 0.25) is 0 Å². The molecule has 5 heteroatoms. The third kappa shape index (κ3) is 4.31. The zero-order valence-electron chi connectivity index (χ0n) is 16.0. The molecule has 4 aromatic rings. The number of aromatic nitrogens is 3. The lowest BCUT2D eigenvalue weighted by atomic mass is 10.1. The lowest BCUT2D eigenvalue weighted by molar-refractivity contribution is 0.559. The van der Waals surface area contributed by atoms with E-state index in [-0.39, 0.29) is 0 Å². The van der Waals surface area contributed by atoms with E-state index in [0.29, 0.717) is 0 Å². The predicted octanol–water partition coefficient (Wildman–Crippen LogP) is 5.30. The molecule has 0 saturated heterocycles. The molecule has 2 aromatic heterocycles. The van der Waals surface area contributed by atoms with Gasteiger partial charge in [-0.3, -0.25) is 0 Å². The highest BCUT2D eigenvalue weighted by molar-refractivity contribution is 7.07. The average molecular weight is 389 g/mol. The highest BCUT2D eigenvalue weighted by Crippen LogP contribution is 2.21. The number of aryl methyl sites for hydroxylation is 2. The molecule has 0 amide bonds. The van der Waals surface area contributed by atoms with E-state index in [4.69, 9.17) is 4.99 Å². The Labute approximate surface area is 169 Å². The van der Waals surface area contributed by atoms with E-state index in [1.807, 2.05) is 18.7 Å². The molecule has 0 aliphatic carbocycles. The maximum atomic E-state index is 4.94. The van der Waals surface area contributed by atoms with Gasteiger partial charge in [-0.2, -0.15) is 0 Å². The Morgan fingerprint density at radius 1 is 1.00 bits per heavy atom. The lowest BCUT2D eigenvalue weighted by Crippen LogP contribution is -2.17. The van der Waals surface area contributed by atoms with Gasteiger partial charge in [-0.1, -0.05) is 49.4 Å². The van der Waals surface area contributed by atoms with Crippen molar-refractivity contribution in [3.8, 4) is 11.3 Å². The molecule has 4 nitrogen and oxygen atoms in total. The Morgan fingerprint density at radius 3 is 2.54 bits per heavy atom. The molecule has 0 radical (unpaired) electrons. The summed E-state index contributed by atoms with van der Waals surface area (Å²) >= 11 is 1.70. The largest absolute Gasteiger partial charge is 0.337 e. The van der Waals surface area contributed by atoms with E-state index in [9.17, 15) is 0 Å². The summed E-state index contributed by atoms with van der Waals surface area (Å²) in [6.07, 6.45) is 7.78. The molecular formula is C23H24N4S. The number of hydrogen-bond acceptors (Lipinski definition) is 3. The zero-order chi connectivity index (χ0) is 19.2. The van der Waals surface area contributed by atoms with Gasteiger partial charge in [0.1, 0.15) is 0 Å². The van der Waals surface area contributed by atoms with Crippen LogP contribution in [-0.4, -0.2) is 14.1 Å². The molecule has 4 rings (SSSR count). The summed E-state index contributed by atoms with van der Waals surface area (Å²) in [4.78, 5) is 10.1. The molecule has 0 fully saturated rings. The first kappa shape index (κ1) is 18.4. The minimum absolute atomic E-state index is 0.914. The second kappa shape index (κ2) is 8.85. The van der Waals surface area contributed by atoms with Gasteiger partial charge < -0.3 is 9.13 Å². The Morgan fingerprint density at radius 2 is 1.82 bits per heavy atom. The van der Waals surface area contributed by atoms with Crippen molar-refractivity contribution in [2.75, 3.05) is 0 Å². The van der Waals surface area contributed by atoms with E-state index in [1.54, 1.807) is 11.3 Å². The van der Waals surface area contributed by atoms with E-state index in [0.717, 1.165) is 36.4 Å². The SMILES string of the molecule is CCc1ccc(N=c2scc(-c3ccccc3)n2CCCn2ccnc2)cc1. The molecule has 0 spiro atoms. The minimum Gasteiger partial charge on any atom is -0.337 e. The van der Waals surface area contributed by atoms with E-state index in [1.165, 1.54) is 16.8 Å². The van der Waals surface area contributed by atoms with Gasteiger partial charge >= 0.3 is 0 Å². The normalized spacial score (nSPS) is 11.8. The highest BCUT2D eigenvalue weighted by atomic mass is 32.1. The van der Waals surface area contributed by atoms with Gasteiger partial charge in [0.2, 0.25) is 0 Å². The van der Waals surface area contributed by atoms with Crippen molar-refractivity contribution in [1.29, 1.82) is 0 Å². The Balaban J connectivity index is 1.66. The van der Waals surface area contributed by atoms with Gasteiger partial charge in [-0.05, 0) is 36.1 Å². The first-order chi connectivity index (χ1) is 13.8. The monoisotopic (exact) mass is 388 g/mol. The van der Waals surface area contributed by atoms with Crippen LogP contribution in [0.3, 0.4) is 0 Å². The van der Waals surface area contributed by atoms with Crippen LogP contribution in [-0.2, 0) is 19.5 Å². The highest BCUT2D eigenvalue weighted by Gasteiger charge is 2.08. The molecule has 142 valence electrons. The maximum absolute atomic E-state index is 4.94. The molecule has 0 atom stereocenters. The summed E-state index contributed by atoms with van der Waals surface area (Å²) in [6.45, 7) is 4.03. The van der Waals surface area contributed by atoms with Crippen LogP contribution in [0.5, 0.6) is 0 Å². The minimum atomic E-state index is 0.914. The topological polar surface area (TPSA) is 35.1 Å². The Bertz CT molecular complexity index is 1060. The average Bonchev–Trinajstić information content (AvgIpc) is 3.40. The zero-order valence-corrected chi connectivity index (χ0v) is 16.8. The van der Waals surface area contributed by atoms with Crippen LogP contribution in [0.1, 0.15) is 18.9 Å². The molecule has 0 saturated carbocycles. The Hall–Kier alpha value is -2.92. The van der Waals surface area contributed by atoms with Gasteiger partial charge in [0.15, 0.2) is 4.80 Å². The van der Waals surface area contributed by atoms with Crippen molar-refractivity contribution in [1.82, 2.24) is 14.1 Å². The fourth-order valence-electron chi connectivity index (χ4n) is 3.22. The van der Waals surface area contributed by atoms with Crippen LogP contribution in [0.15, 0.2) is 83.7 Å². The Kier molecular flexibility index (Phi) is 5.83. The molecule has 28 heavy (non-hydrogen) atoms. The summed E-state index contributed by atoms with van der Waals surface area (Å²) in [5, 5.41) is 2.21. The second-order valence-corrected chi connectivity index (χ2v) is 7.54. The summed E-state index contributed by atoms with van der Waals surface area (Å²) in [5.74, 6) is 0. The molecular weight excluding hydrogens is 364 g/mol. The van der Waals surface area contributed by atoms with Gasteiger partial charge in [-0.15, -0.1) is 11.3 Å². The van der Waals surface area contributed by atoms with E-state index < -0.39 is 0 Å². The lowest BCUT2D eigenvalue weighted by Gasteiger charge is -2.10. The number of nitrogens with zero attached hydrogens (tertiary/aromatic N) is 4. The van der Waals surface area contributed by atoms with Crippen molar-refractivity contribution >= 4 is 17.0 Å². The van der Waals surface area contributed by atoms with Gasteiger partial charge in [0.25, 0.3) is 0 Å². The standard InChI is InChI=1S/C23H24N4S/c1-2-19-9-11-21(12-10-19)25-23-27(15-6-14-26-16-13-24-18-26)22(17-28-23)20-7-4-3-5-8-20/h3-5,7-13,16-18H,2,6,14-15H2,1H3. The molecule has 0 bridgehead atoms. The summed E-state index contributed by atoms with van der Waals surface area (Å²) in [7, 11) is 0. The van der Waals surface area contributed by atoms with Crippen molar-refractivity contribution in [2.45, 2.75) is 32.9 Å². The number of benzene rings is 2. The van der Waals surface area contributed by atoms with E-state index >= 15 is 0 Å². The smallest absolute Gasteiger partial charge is 0.190 e. The number of imidazole rings is 1. The summed E-state index contributed by atoms with van der Waals surface area (Å²) in [6, 6.07) is 19.1. The molecule has 0 N–H and O–H groups in total. The quantitative estimate of drug-likeness (QED) is 0.423. The molecule has 0 aliphatic heterocycles. The second-order valence-electron chi connectivity index (χ2n) is 6.71. The predicted molar refractivity (Wildman–Crippen MR) is 116 cm³/mol. The van der Waals surface area contributed by atoms with Gasteiger partial charge in [-0.25, -0.2) is 9.98 Å². The fraction of sp³-hybridized carbons (Fsp3) is 0.217. The maximum Gasteiger partial charge on any atom is 0.190 e. The fourth-order valence-corrected chi connectivity index (χ4v) is 4.18.